The van der Waals surface area contributed by atoms with Crippen molar-refractivity contribution in [3.63, 3.8) is 0 Å². The van der Waals surface area contributed by atoms with Gasteiger partial charge in [-0.05, 0) is 27.7 Å². The van der Waals surface area contributed by atoms with Crippen molar-refractivity contribution in [2.45, 2.75) is 69.9 Å². The maximum absolute atomic E-state index is 11.5. The number of carbonyl (C=O) groups excluding carboxylic acids is 1. The van der Waals surface area contributed by atoms with Crippen LogP contribution in [-0.2, 0) is 23.7 Å². The molecule has 5 atom stereocenters. The Morgan fingerprint density at radius 1 is 1.15 bits per heavy atom. The van der Waals surface area contributed by atoms with Crippen LogP contribution in [0.1, 0.15) is 44.2 Å². The average molecular weight is 369 g/mol. The molecule has 0 spiro atoms. The number of nitrogen functional groups attached to an aromatic ring is 1. The van der Waals surface area contributed by atoms with Crippen molar-refractivity contribution in [3.8, 4) is 0 Å². The number of ether oxygens (including phenoxy) is 5. The molecule has 1 aromatic heterocycles. The van der Waals surface area contributed by atoms with Gasteiger partial charge in [-0.2, -0.15) is 0 Å². The third-order valence-electron chi connectivity index (χ3n) is 4.70. The van der Waals surface area contributed by atoms with E-state index in [1.165, 1.54) is 4.68 Å². The SMILES string of the molecule is CC1(C)O[C@H]2O[C@H]([C@@H]3COC(C)(C)O3)[C@H](n3nnc(C(N)=O)c3N)[C@H]2O1. The first kappa shape index (κ1) is 17.6. The molecular weight excluding hydrogens is 346 g/mol. The summed E-state index contributed by atoms with van der Waals surface area (Å²) >= 11 is 0. The molecule has 0 bridgehead atoms. The number of carbonyl (C=O) groups is 1. The number of rotatable bonds is 3. The fraction of sp³-hybridized carbons (Fsp3) is 0.800. The summed E-state index contributed by atoms with van der Waals surface area (Å²) in [6.45, 7) is 7.55. The van der Waals surface area contributed by atoms with Crippen molar-refractivity contribution in [1.29, 1.82) is 0 Å². The highest BCUT2D eigenvalue weighted by Crippen LogP contribution is 2.46. The summed E-state index contributed by atoms with van der Waals surface area (Å²) < 4.78 is 30.9. The van der Waals surface area contributed by atoms with Gasteiger partial charge < -0.3 is 35.2 Å². The number of nitrogens with two attached hydrogens (primary N) is 2. The summed E-state index contributed by atoms with van der Waals surface area (Å²) in [5.41, 5.74) is 11.3. The van der Waals surface area contributed by atoms with Gasteiger partial charge in [0.05, 0.1) is 6.61 Å². The highest BCUT2D eigenvalue weighted by atomic mass is 16.8. The van der Waals surface area contributed by atoms with E-state index in [2.05, 4.69) is 10.3 Å². The largest absolute Gasteiger partial charge is 0.382 e. The maximum atomic E-state index is 11.5. The molecule has 0 aromatic carbocycles. The van der Waals surface area contributed by atoms with Crippen LogP contribution in [-0.4, -0.2) is 63.7 Å². The second-order valence-corrected chi connectivity index (χ2v) is 7.56. The minimum atomic E-state index is -0.827. The molecule has 1 amide bonds. The number of fused-ring (bicyclic) bond motifs is 1. The predicted octanol–water partition coefficient (Wildman–Crippen LogP) is -0.472. The topological polar surface area (TPSA) is 146 Å². The zero-order chi connectivity index (χ0) is 18.9. The summed E-state index contributed by atoms with van der Waals surface area (Å²) in [4.78, 5) is 11.5. The zero-order valence-corrected chi connectivity index (χ0v) is 15.0. The first-order chi connectivity index (χ1) is 12.1. The number of hydrogen-bond acceptors (Lipinski definition) is 9. The quantitative estimate of drug-likeness (QED) is 0.721. The predicted molar refractivity (Wildman–Crippen MR) is 85.6 cm³/mol. The van der Waals surface area contributed by atoms with Gasteiger partial charge in [0.1, 0.15) is 24.4 Å². The van der Waals surface area contributed by atoms with Crippen molar-refractivity contribution < 1.29 is 28.5 Å². The summed E-state index contributed by atoms with van der Waals surface area (Å²) in [5, 5.41) is 7.80. The van der Waals surface area contributed by atoms with Gasteiger partial charge in [0.2, 0.25) is 0 Å². The molecule has 4 N–H and O–H groups in total. The van der Waals surface area contributed by atoms with E-state index in [1.54, 1.807) is 13.8 Å². The van der Waals surface area contributed by atoms with Gasteiger partial charge in [0.15, 0.2) is 29.4 Å². The molecule has 11 heteroatoms. The second-order valence-electron chi connectivity index (χ2n) is 7.56. The van der Waals surface area contributed by atoms with Gasteiger partial charge in [0.25, 0.3) is 5.91 Å². The third-order valence-corrected chi connectivity index (χ3v) is 4.70. The lowest BCUT2D eigenvalue weighted by molar-refractivity contribution is -0.226. The van der Waals surface area contributed by atoms with E-state index >= 15 is 0 Å². The van der Waals surface area contributed by atoms with Gasteiger partial charge in [-0.1, -0.05) is 5.21 Å². The van der Waals surface area contributed by atoms with Crippen LogP contribution in [0.3, 0.4) is 0 Å². The van der Waals surface area contributed by atoms with E-state index < -0.39 is 48.1 Å². The van der Waals surface area contributed by atoms with Crippen molar-refractivity contribution in [2.24, 2.45) is 5.73 Å². The molecule has 3 fully saturated rings. The van der Waals surface area contributed by atoms with E-state index in [9.17, 15) is 4.79 Å². The van der Waals surface area contributed by atoms with Crippen LogP contribution in [0.5, 0.6) is 0 Å². The van der Waals surface area contributed by atoms with Crippen LogP contribution in [0.15, 0.2) is 0 Å². The molecule has 144 valence electrons. The normalized spacial score (nSPS) is 37.8. The monoisotopic (exact) mass is 369 g/mol. The maximum Gasteiger partial charge on any atom is 0.273 e. The molecule has 4 heterocycles. The molecule has 1 aromatic rings. The van der Waals surface area contributed by atoms with Gasteiger partial charge in [-0.15, -0.1) is 5.10 Å². The van der Waals surface area contributed by atoms with Crippen LogP contribution in [0, 0.1) is 0 Å². The van der Waals surface area contributed by atoms with Crippen LogP contribution in [0.2, 0.25) is 0 Å². The Morgan fingerprint density at radius 2 is 1.88 bits per heavy atom. The lowest BCUT2D eigenvalue weighted by Gasteiger charge is -2.29. The van der Waals surface area contributed by atoms with Crippen molar-refractivity contribution in [3.05, 3.63) is 5.69 Å². The Labute approximate surface area is 149 Å². The van der Waals surface area contributed by atoms with Gasteiger partial charge in [0, 0.05) is 0 Å². The highest BCUT2D eigenvalue weighted by molar-refractivity contribution is 5.94. The molecule has 0 unspecified atom stereocenters. The van der Waals surface area contributed by atoms with Crippen LogP contribution in [0.25, 0.3) is 0 Å². The van der Waals surface area contributed by atoms with Crippen molar-refractivity contribution >= 4 is 11.7 Å². The molecule has 3 aliphatic rings. The first-order valence-electron chi connectivity index (χ1n) is 8.41. The van der Waals surface area contributed by atoms with E-state index in [4.69, 9.17) is 35.2 Å². The molecule has 0 saturated carbocycles. The number of amides is 1. The zero-order valence-electron chi connectivity index (χ0n) is 15.0. The standard InChI is InChI=1S/C15H23N5O6/c1-14(2)22-5-6(24-14)9-8(10-13(23-9)26-15(3,4)25-10)20-11(16)7(12(17)21)18-19-20/h6,8-10,13H,5,16H2,1-4H3,(H2,17,21)/t6-,8-,9+,10+,13+/m0/s1. The Balaban J connectivity index is 1.70. The van der Waals surface area contributed by atoms with Gasteiger partial charge >= 0.3 is 0 Å². The Morgan fingerprint density at radius 3 is 2.46 bits per heavy atom. The van der Waals surface area contributed by atoms with E-state index in [0.29, 0.717) is 6.61 Å². The first-order valence-corrected chi connectivity index (χ1v) is 8.41. The fourth-order valence-corrected chi connectivity index (χ4v) is 3.68. The smallest absolute Gasteiger partial charge is 0.273 e. The molecule has 26 heavy (non-hydrogen) atoms. The van der Waals surface area contributed by atoms with Gasteiger partial charge in [-0.25, -0.2) is 4.68 Å². The molecule has 0 radical (unpaired) electrons. The molecular formula is C15H23N5O6. The summed E-state index contributed by atoms with van der Waals surface area (Å²) in [6.07, 6.45) is -2.05. The Kier molecular flexibility index (Phi) is 3.80. The number of nitrogens with zero attached hydrogens (tertiary/aromatic N) is 3. The third kappa shape index (κ3) is 2.76. The lowest BCUT2D eigenvalue weighted by Crippen LogP contribution is -2.41. The lowest BCUT2D eigenvalue weighted by atomic mass is 10.0. The molecule has 3 saturated heterocycles. The molecule has 4 rings (SSSR count). The van der Waals surface area contributed by atoms with Crippen LogP contribution >= 0.6 is 0 Å². The molecule has 3 aliphatic heterocycles. The molecule has 11 nitrogen and oxygen atoms in total. The summed E-state index contributed by atoms with van der Waals surface area (Å²) in [7, 11) is 0. The van der Waals surface area contributed by atoms with Crippen LogP contribution < -0.4 is 11.5 Å². The van der Waals surface area contributed by atoms with E-state index in [0.717, 1.165) is 0 Å². The number of hydrogen-bond donors (Lipinski definition) is 2. The average Bonchev–Trinajstić information content (AvgIpc) is 3.20. The fourth-order valence-electron chi connectivity index (χ4n) is 3.68. The van der Waals surface area contributed by atoms with Gasteiger partial charge in [-0.3, -0.25) is 4.79 Å². The molecule has 0 aliphatic carbocycles. The van der Waals surface area contributed by atoms with E-state index in [1.807, 2.05) is 13.8 Å². The Hall–Kier alpha value is -1.79. The second kappa shape index (κ2) is 5.60. The summed E-state index contributed by atoms with van der Waals surface area (Å²) in [6, 6.07) is -0.523. The number of primary amides is 1. The number of aromatic nitrogens is 3. The Bertz CT molecular complexity index is 734. The summed E-state index contributed by atoms with van der Waals surface area (Å²) in [5.74, 6) is -2.27. The number of anilines is 1. The van der Waals surface area contributed by atoms with E-state index in [-0.39, 0.29) is 11.5 Å². The highest BCUT2D eigenvalue weighted by Gasteiger charge is 2.59. The minimum absolute atomic E-state index is 0.0447. The van der Waals surface area contributed by atoms with Crippen molar-refractivity contribution in [2.75, 3.05) is 12.3 Å². The van der Waals surface area contributed by atoms with Crippen molar-refractivity contribution in [1.82, 2.24) is 15.0 Å². The minimum Gasteiger partial charge on any atom is -0.382 e. The van der Waals surface area contributed by atoms with Crippen LogP contribution in [0.4, 0.5) is 5.82 Å².